The summed E-state index contributed by atoms with van der Waals surface area (Å²) < 4.78 is 12.5. The molecule has 27 heavy (non-hydrogen) atoms. The second-order valence-electron chi connectivity index (χ2n) is 6.38. The first-order chi connectivity index (χ1) is 13.2. The first-order valence-electron chi connectivity index (χ1n) is 9.08. The van der Waals surface area contributed by atoms with Crippen LogP contribution in [0.25, 0.3) is 6.08 Å². The van der Waals surface area contributed by atoms with Crippen LogP contribution < -0.4 is 9.47 Å². The first-order valence-corrected chi connectivity index (χ1v) is 9.08. The number of methoxy groups -OCH3 is 2. The SMILES string of the molecule is COc1ccc(/C=C/C(=O)N2CCN(CCn3cccn3)CC2)cc1OC. The van der Waals surface area contributed by atoms with Gasteiger partial charge in [0.25, 0.3) is 0 Å². The lowest BCUT2D eigenvalue weighted by molar-refractivity contribution is -0.127. The number of aromatic nitrogens is 2. The van der Waals surface area contributed by atoms with Gasteiger partial charge in [-0.3, -0.25) is 14.4 Å². The number of benzene rings is 1. The third-order valence-corrected chi connectivity index (χ3v) is 4.71. The summed E-state index contributed by atoms with van der Waals surface area (Å²) in [6.07, 6.45) is 7.20. The van der Waals surface area contributed by atoms with E-state index in [1.54, 1.807) is 26.5 Å². The Morgan fingerprint density at radius 1 is 1.11 bits per heavy atom. The molecule has 1 amide bonds. The lowest BCUT2D eigenvalue weighted by Crippen LogP contribution is -2.48. The summed E-state index contributed by atoms with van der Waals surface area (Å²) in [6.45, 7) is 5.09. The largest absolute Gasteiger partial charge is 0.493 e. The van der Waals surface area contributed by atoms with Gasteiger partial charge >= 0.3 is 0 Å². The lowest BCUT2D eigenvalue weighted by atomic mass is 10.2. The van der Waals surface area contributed by atoms with Gasteiger partial charge in [0, 0.05) is 51.2 Å². The highest BCUT2D eigenvalue weighted by Crippen LogP contribution is 2.27. The van der Waals surface area contributed by atoms with E-state index in [4.69, 9.17) is 9.47 Å². The molecule has 0 bridgehead atoms. The maximum Gasteiger partial charge on any atom is 0.246 e. The molecule has 3 rings (SSSR count). The van der Waals surface area contributed by atoms with Crippen molar-refractivity contribution >= 4 is 12.0 Å². The Morgan fingerprint density at radius 2 is 1.89 bits per heavy atom. The second kappa shape index (κ2) is 9.23. The Labute approximate surface area is 159 Å². The van der Waals surface area contributed by atoms with Crippen LogP contribution in [0.1, 0.15) is 5.56 Å². The molecule has 0 atom stereocenters. The first kappa shape index (κ1) is 19.0. The van der Waals surface area contributed by atoms with Crippen LogP contribution in [0.2, 0.25) is 0 Å². The van der Waals surface area contributed by atoms with Gasteiger partial charge in [0.15, 0.2) is 11.5 Å². The van der Waals surface area contributed by atoms with Crippen LogP contribution >= 0.6 is 0 Å². The Morgan fingerprint density at radius 3 is 2.56 bits per heavy atom. The van der Waals surface area contributed by atoms with Gasteiger partial charge in [0.05, 0.1) is 20.8 Å². The molecule has 7 nitrogen and oxygen atoms in total. The molecule has 1 aromatic heterocycles. The van der Waals surface area contributed by atoms with Gasteiger partial charge in [0.2, 0.25) is 5.91 Å². The van der Waals surface area contributed by atoms with Crippen molar-refractivity contribution < 1.29 is 14.3 Å². The molecule has 2 heterocycles. The number of rotatable bonds is 7. The van der Waals surface area contributed by atoms with E-state index in [0.29, 0.717) is 11.5 Å². The third-order valence-electron chi connectivity index (χ3n) is 4.71. The van der Waals surface area contributed by atoms with Crippen LogP contribution in [0.4, 0.5) is 0 Å². The molecule has 1 fully saturated rings. The fourth-order valence-corrected chi connectivity index (χ4v) is 3.10. The average Bonchev–Trinajstić information content (AvgIpc) is 3.24. The summed E-state index contributed by atoms with van der Waals surface area (Å²) in [5, 5.41) is 4.22. The molecule has 2 aromatic rings. The highest BCUT2D eigenvalue weighted by atomic mass is 16.5. The molecule has 0 spiro atoms. The van der Waals surface area contributed by atoms with E-state index in [9.17, 15) is 4.79 Å². The molecule has 1 aromatic carbocycles. The molecule has 0 N–H and O–H groups in total. The molecule has 0 radical (unpaired) electrons. The van der Waals surface area contributed by atoms with Crippen molar-refractivity contribution in [3.05, 3.63) is 48.3 Å². The van der Waals surface area contributed by atoms with Crippen LogP contribution in [0.3, 0.4) is 0 Å². The summed E-state index contributed by atoms with van der Waals surface area (Å²) in [7, 11) is 3.20. The van der Waals surface area contributed by atoms with Crippen LogP contribution in [0.15, 0.2) is 42.7 Å². The molecule has 7 heteroatoms. The van der Waals surface area contributed by atoms with Gasteiger partial charge in [-0.15, -0.1) is 0 Å². The number of nitrogens with zero attached hydrogens (tertiary/aromatic N) is 4. The molecule has 0 unspecified atom stereocenters. The van der Waals surface area contributed by atoms with Gasteiger partial charge in [0.1, 0.15) is 0 Å². The molecule has 1 aliphatic heterocycles. The van der Waals surface area contributed by atoms with Gasteiger partial charge in [-0.2, -0.15) is 5.10 Å². The number of hydrogen-bond donors (Lipinski definition) is 0. The van der Waals surface area contributed by atoms with Crippen LogP contribution in [0, 0.1) is 0 Å². The van der Waals surface area contributed by atoms with Crippen molar-refractivity contribution in [3.8, 4) is 11.5 Å². The molecular formula is C20H26N4O3. The Kier molecular flexibility index (Phi) is 6.49. The zero-order chi connectivity index (χ0) is 19.1. The van der Waals surface area contributed by atoms with Crippen molar-refractivity contribution in [2.75, 3.05) is 46.9 Å². The number of ether oxygens (including phenoxy) is 2. The summed E-state index contributed by atoms with van der Waals surface area (Å²) in [4.78, 5) is 16.7. The maximum absolute atomic E-state index is 12.5. The Balaban J connectivity index is 1.48. The van der Waals surface area contributed by atoms with E-state index in [-0.39, 0.29) is 5.91 Å². The predicted octanol–water partition coefficient (Wildman–Crippen LogP) is 1.76. The zero-order valence-corrected chi connectivity index (χ0v) is 15.9. The van der Waals surface area contributed by atoms with Gasteiger partial charge < -0.3 is 14.4 Å². The van der Waals surface area contributed by atoms with Crippen molar-refractivity contribution in [3.63, 3.8) is 0 Å². The van der Waals surface area contributed by atoms with E-state index >= 15 is 0 Å². The Hall–Kier alpha value is -2.80. The van der Waals surface area contributed by atoms with Crippen molar-refractivity contribution in [1.82, 2.24) is 19.6 Å². The number of hydrogen-bond acceptors (Lipinski definition) is 5. The minimum Gasteiger partial charge on any atom is -0.493 e. The normalized spacial score (nSPS) is 15.3. The molecule has 1 saturated heterocycles. The molecule has 144 valence electrons. The number of amides is 1. The zero-order valence-electron chi connectivity index (χ0n) is 15.9. The maximum atomic E-state index is 12.5. The predicted molar refractivity (Wildman–Crippen MR) is 104 cm³/mol. The van der Waals surface area contributed by atoms with E-state index in [1.807, 2.05) is 46.1 Å². The van der Waals surface area contributed by atoms with E-state index in [1.165, 1.54) is 0 Å². The lowest BCUT2D eigenvalue weighted by Gasteiger charge is -2.34. The number of carbonyl (C=O) groups is 1. The van der Waals surface area contributed by atoms with Gasteiger partial charge in [-0.05, 0) is 29.8 Å². The molecular weight excluding hydrogens is 344 g/mol. The van der Waals surface area contributed by atoms with Crippen molar-refractivity contribution in [2.24, 2.45) is 0 Å². The van der Waals surface area contributed by atoms with Crippen LogP contribution in [-0.2, 0) is 11.3 Å². The topological polar surface area (TPSA) is 59.8 Å². The highest BCUT2D eigenvalue weighted by molar-refractivity contribution is 5.92. The van der Waals surface area contributed by atoms with Gasteiger partial charge in [-0.25, -0.2) is 0 Å². The monoisotopic (exact) mass is 370 g/mol. The number of carbonyl (C=O) groups excluding carboxylic acids is 1. The average molecular weight is 370 g/mol. The summed E-state index contributed by atoms with van der Waals surface area (Å²) in [5.74, 6) is 1.36. The summed E-state index contributed by atoms with van der Waals surface area (Å²) >= 11 is 0. The van der Waals surface area contributed by atoms with Crippen LogP contribution in [0.5, 0.6) is 11.5 Å². The third kappa shape index (κ3) is 5.10. The number of piperazine rings is 1. The second-order valence-corrected chi connectivity index (χ2v) is 6.38. The van der Waals surface area contributed by atoms with E-state index < -0.39 is 0 Å². The van der Waals surface area contributed by atoms with Gasteiger partial charge in [-0.1, -0.05) is 6.07 Å². The molecule has 0 aliphatic carbocycles. The van der Waals surface area contributed by atoms with Crippen molar-refractivity contribution in [2.45, 2.75) is 6.54 Å². The highest BCUT2D eigenvalue weighted by Gasteiger charge is 2.19. The standard InChI is InChI=1S/C20H26N4O3/c1-26-18-6-4-17(16-19(18)27-2)5-7-20(25)23-13-10-22(11-14-23)12-15-24-9-3-8-21-24/h3-9,16H,10-15H2,1-2H3/b7-5+. The summed E-state index contributed by atoms with van der Waals surface area (Å²) in [6, 6.07) is 7.52. The fraction of sp³-hybridized carbons (Fsp3) is 0.400. The smallest absolute Gasteiger partial charge is 0.246 e. The van der Waals surface area contributed by atoms with E-state index in [0.717, 1.165) is 44.8 Å². The summed E-state index contributed by atoms with van der Waals surface area (Å²) in [5.41, 5.74) is 0.902. The quantitative estimate of drug-likeness (QED) is 0.695. The Bertz CT molecular complexity index is 766. The molecule has 1 aliphatic rings. The van der Waals surface area contributed by atoms with Crippen molar-refractivity contribution in [1.29, 1.82) is 0 Å². The van der Waals surface area contributed by atoms with E-state index in [2.05, 4.69) is 10.00 Å². The minimum absolute atomic E-state index is 0.0384. The minimum atomic E-state index is 0.0384. The van der Waals surface area contributed by atoms with Crippen LogP contribution in [-0.4, -0.2) is 72.4 Å². The molecule has 0 saturated carbocycles. The fourth-order valence-electron chi connectivity index (χ4n) is 3.10.